The van der Waals surface area contributed by atoms with Crippen molar-refractivity contribution in [1.82, 2.24) is 0 Å². The second-order valence-corrected chi connectivity index (χ2v) is 5.05. The van der Waals surface area contributed by atoms with E-state index in [0.717, 1.165) is 45.0 Å². The summed E-state index contributed by atoms with van der Waals surface area (Å²) in [4.78, 5) is 0. The summed E-state index contributed by atoms with van der Waals surface area (Å²) in [6.07, 6.45) is 4.97. The molecule has 2 saturated heterocycles. The van der Waals surface area contributed by atoms with Gasteiger partial charge in [0.05, 0.1) is 25.9 Å². The summed E-state index contributed by atoms with van der Waals surface area (Å²) in [5.74, 6) is 1.20. The molecule has 15 heavy (non-hydrogen) atoms. The van der Waals surface area contributed by atoms with Gasteiger partial charge in [-0.2, -0.15) is 0 Å². The van der Waals surface area contributed by atoms with E-state index in [4.69, 9.17) is 14.2 Å². The predicted octanol–water partition coefficient (Wildman–Crippen LogP) is 1.95. The van der Waals surface area contributed by atoms with Crippen LogP contribution in [0.2, 0.25) is 0 Å². The molecule has 3 aliphatic rings. The Morgan fingerprint density at radius 1 is 1.27 bits per heavy atom. The van der Waals surface area contributed by atoms with Crippen LogP contribution in [0.4, 0.5) is 0 Å². The molecule has 3 rings (SSSR count). The fraction of sp³-hybridized carbons (Fsp3) is 1.00. The van der Waals surface area contributed by atoms with Crippen LogP contribution in [-0.4, -0.2) is 31.7 Å². The molecule has 3 fully saturated rings. The first-order valence-electron chi connectivity index (χ1n) is 6.22. The predicted molar refractivity (Wildman–Crippen MR) is 55.5 cm³/mol. The van der Waals surface area contributed by atoms with E-state index in [-0.39, 0.29) is 5.79 Å². The maximum Gasteiger partial charge on any atom is 0.168 e. The Morgan fingerprint density at radius 3 is 2.80 bits per heavy atom. The monoisotopic (exact) mass is 212 g/mol. The molecule has 1 spiro atoms. The zero-order chi connectivity index (χ0) is 10.3. The molecule has 3 atom stereocenters. The summed E-state index contributed by atoms with van der Waals surface area (Å²) in [5.41, 5.74) is 0. The van der Waals surface area contributed by atoms with Crippen LogP contribution in [0.3, 0.4) is 0 Å². The van der Waals surface area contributed by atoms with Crippen molar-refractivity contribution in [3.8, 4) is 0 Å². The van der Waals surface area contributed by atoms with Crippen molar-refractivity contribution in [3.05, 3.63) is 0 Å². The Labute approximate surface area is 91.1 Å². The lowest BCUT2D eigenvalue weighted by Gasteiger charge is -2.38. The summed E-state index contributed by atoms with van der Waals surface area (Å²) in [5, 5.41) is 0. The number of hydrogen-bond donors (Lipinski definition) is 0. The first kappa shape index (κ1) is 10.1. The van der Waals surface area contributed by atoms with Gasteiger partial charge in [0.1, 0.15) is 0 Å². The van der Waals surface area contributed by atoms with Crippen molar-refractivity contribution in [2.45, 2.75) is 44.5 Å². The highest BCUT2D eigenvalue weighted by Gasteiger charge is 2.49. The van der Waals surface area contributed by atoms with Crippen molar-refractivity contribution < 1.29 is 14.2 Å². The normalized spacial score (nSPS) is 43.4. The van der Waals surface area contributed by atoms with E-state index in [1.807, 2.05) is 0 Å². The van der Waals surface area contributed by atoms with Gasteiger partial charge in [0, 0.05) is 12.8 Å². The van der Waals surface area contributed by atoms with Gasteiger partial charge < -0.3 is 14.2 Å². The Hall–Kier alpha value is -0.120. The zero-order valence-electron chi connectivity index (χ0n) is 9.41. The smallest absolute Gasteiger partial charge is 0.168 e. The third-order valence-electron chi connectivity index (χ3n) is 4.26. The maximum absolute atomic E-state index is 5.84. The van der Waals surface area contributed by atoms with Crippen LogP contribution in [0.5, 0.6) is 0 Å². The van der Waals surface area contributed by atoms with Gasteiger partial charge in [-0.15, -0.1) is 0 Å². The highest BCUT2D eigenvalue weighted by molar-refractivity contribution is 4.93. The van der Waals surface area contributed by atoms with Gasteiger partial charge in [-0.25, -0.2) is 0 Å². The molecule has 0 bridgehead atoms. The average Bonchev–Trinajstić information content (AvgIpc) is 2.85. The van der Waals surface area contributed by atoms with E-state index in [1.54, 1.807) is 0 Å². The fourth-order valence-corrected chi connectivity index (χ4v) is 3.50. The van der Waals surface area contributed by atoms with Crippen molar-refractivity contribution in [2.24, 2.45) is 11.8 Å². The summed E-state index contributed by atoms with van der Waals surface area (Å²) in [6, 6.07) is 0. The van der Waals surface area contributed by atoms with Crippen LogP contribution < -0.4 is 0 Å². The van der Waals surface area contributed by atoms with Gasteiger partial charge in [-0.05, 0) is 24.7 Å². The first-order valence-corrected chi connectivity index (χ1v) is 6.22. The summed E-state index contributed by atoms with van der Waals surface area (Å²) >= 11 is 0. The van der Waals surface area contributed by atoms with Crippen molar-refractivity contribution in [1.29, 1.82) is 0 Å². The Bertz CT molecular complexity index is 235. The Kier molecular flexibility index (Phi) is 2.49. The van der Waals surface area contributed by atoms with Crippen LogP contribution in [0, 0.1) is 11.8 Å². The number of hydrogen-bond acceptors (Lipinski definition) is 3. The molecule has 0 radical (unpaired) electrons. The van der Waals surface area contributed by atoms with E-state index in [1.165, 1.54) is 6.42 Å². The van der Waals surface area contributed by atoms with Crippen LogP contribution in [0.1, 0.15) is 32.6 Å². The molecule has 2 heterocycles. The molecule has 2 aliphatic heterocycles. The van der Waals surface area contributed by atoms with Gasteiger partial charge in [-0.1, -0.05) is 6.92 Å². The first-order chi connectivity index (χ1) is 7.33. The third kappa shape index (κ3) is 1.61. The highest BCUT2D eigenvalue weighted by atomic mass is 16.7. The molecule has 0 aromatic heterocycles. The lowest BCUT2D eigenvalue weighted by molar-refractivity contribution is -0.191. The zero-order valence-corrected chi connectivity index (χ0v) is 9.41. The van der Waals surface area contributed by atoms with Gasteiger partial charge in [0.15, 0.2) is 5.79 Å². The highest BCUT2D eigenvalue weighted by Crippen LogP contribution is 2.46. The number of ether oxygens (including phenoxy) is 3. The van der Waals surface area contributed by atoms with Crippen molar-refractivity contribution in [2.75, 3.05) is 19.8 Å². The number of rotatable bonds is 1. The lowest BCUT2D eigenvalue weighted by atomic mass is 9.75. The van der Waals surface area contributed by atoms with E-state index >= 15 is 0 Å². The molecule has 3 nitrogen and oxygen atoms in total. The second-order valence-electron chi connectivity index (χ2n) is 5.05. The Morgan fingerprint density at radius 2 is 2.07 bits per heavy atom. The van der Waals surface area contributed by atoms with Crippen molar-refractivity contribution in [3.63, 3.8) is 0 Å². The average molecular weight is 212 g/mol. The standard InChI is InChI=1S/C12H20O3/c1-2-11-10-3-4-12(14-5-6-15-12)7-9(10)8-13-11/h9-11H,2-8H2,1H3. The van der Waals surface area contributed by atoms with E-state index in [9.17, 15) is 0 Å². The van der Waals surface area contributed by atoms with Crippen molar-refractivity contribution >= 4 is 0 Å². The minimum Gasteiger partial charge on any atom is -0.378 e. The summed E-state index contributed by atoms with van der Waals surface area (Å²) in [7, 11) is 0. The molecule has 0 aromatic carbocycles. The quantitative estimate of drug-likeness (QED) is 0.665. The third-order valence-corrected chi connectivity index (χ3v) is 4.26. The molecule has 1 aliphatic carbocycles. The van der Waals surface area contributed by atoms with E-state index < -0.39 is 0 Å². The SMILES string of the molecule is CCC1OCC2CC3(CCC21)OCCO3. The van der Waals surface area contributed by atoms with Crippen LogP contribution in [0.25, 0.3) is 0 Å². The second kappa shape index (κ2) is 3.72. The van der Waals surface area contributed by atoms with Gasteiger partial charge in [0.2, 0.25) is 0 Å². The lowest BCUT2D eigenvalue weighted by Crippen LogP contribution is -2.41. The fourth-order valence-electron chi connectivity index (χ4n) is 3.50. The van der Waals surface area contributed by atoms with Gasteiger partial charge in [-0.3, -0.25) is 0 Å². The molecule has 0 amide bonds. The maximum atomic E-state index is 5.84. The minimum absolute atomic E-state index is 0.229. The molecule has 0 aromatic rings. The molecule has 0 N–H and O–H groups in total. The Balaban J connectivity index is 1.70. The largest absolute Gasteiger partial charge is 0.378 e. The minimum atomic E-state index is -0.229. The van der Waals surface area contributed by atoms with Crippen LogP contribution in [0.15, 0.2) is 0 Å². The van der Waals surface area contributed by atoms with Crippen LogP contribution in [-0.2, 0) is 14.2 Å². The van der Waals surface area contributed by atoms with Gasteiger partial charge in [0.25, 0.3) is 0 Å². The topological polar surface area (TPSA) is 27.7 Å². The molecule has 3 heteroatoms. The summed E-state index contributed by atoms with van der Waals surface area (Å²) in [6.45, 7) is 4.68. The summed E-state index contributed by atoms with van der Waals surface area (Å²) < 4.78 is 17.4. The number of fused-ring (bicyclic) bond motifs is 1. The molecular weight excluding hydrogens is 192 g/mol. The van der Waals surface area contributed by atoms with Crippen LogP contribution >= 0.6 is 0 Å². The molecule has 86 valence electrons. The van der Waals surface area contributed by atoms with E-state index in [0.29, 0.717) is 12.0 Å². The molecule has 1 saturated carbocycles. The molecular formula is C12H20O3. The van der Waals surface area contributed by atoms with Gasteiger partial charge >= 0.3 is 0 Å². The van der Waals surface area contributed by atoms with E-state index in [2.05, 4.69) is 6.92 Å². The molecule has 3 unspecified atom stereocenters.